The van der Waals surface area contributed by atoms with Crippen molar-refractivity contribution in [2.24, 2.45) is 0 Å². The molecule has 1 aliphatic carbocycles. The molecule has 1 aliphatic rings. The van der Waals surface area contributed by atoms with Crippen molar-refractivity contribution in [3.8, 4) is 0 Å². The van der Waals surface area contributed by atoms with Gasteiger partial charge in [0.1, 0.15) is 0 Å². The Kier molecular flexibility index (Phi) is 9.43. The third kappa shape index (κ3) is 6.58. The first-order valence-electron chi connectivity index (χ1n) is 10.0. The summed E-state index contributed by atoms with van der Waals surface area (Å²) < 4.78 is 1.36. The van der Waals surface area contributed by atoms with Crippen molar-refractivity contribution in [1.29, 1.82) is 0 Å². The van der Waals surface area contributed by atoms with E-state index in [9.17, 15) is 9.59 Å². The molecule has 3 N–H and O–H groups in total. The molecular weight excluding hydrogens is 396 g/mol. The van der Waals surface area contributed by atoms with Crippen LogP contribution in [-0.4, -0.2) is 61.7 Å². The zero-order valence-corrected chi connectivity index (χ0v) is 18.7. The monoisotopic (exact) mass is 428 g/mol. The highest BCUT2D eigenvalue weighted by atomic mass is 32.2. The van der Waals surface area contributed by atoms with Crippen LogP contribution in [0.2, 0.25) is 0 Å². The van der Waals surface area contributed by atoms with Crippen molar-refractivity contribution < 1.29 is 9.59 Å². The Hall–Kier alpha value is -1.42. The number of hydrogen-bond acceptors (Lipinski definition) is 7. The molecule has 1 atom stereocenters. The van der Waals surface area contributed by atoms with Gasteiger partial charge in [-0.1, -0.05) is 49.2 Å². The van der Waals surface area contributed by atoms with Crippen LogP contribution >= 0.6 is 23.5 Å². The molecule has 158 valence electrons. The predicted molar refractivity (Wildman–Crippen MR) is 114 cm³/mol. The molecule has 0 aliphatic heterocycles. The first-order chi connectivity index (χ1) is 13.5. The van der Waals surface area contributed by atoms with Crippen molar-refractivity contribution in [1.82, 2.24) is 25.1 Å². The second-order valence-electron chi connectivity index (χ2n) is 6.95. The lowest BCUT2D eigenvalue weighted by atomic mass is 10.1. The van der Waals surface area contributed by atoms with E-state index in [0.717, 1.165) is 12.8 Å². The molecule has 0 saturated heterocycles. The van der Waals surface area contributed by atoms with Crippen LogP contribution in [0.25, 0.3) is 0 Å². The summed E-state index contributed by atoms with van der Waals surface area (Å²) in [5.74, 6) is 6.39. The Balaban J connectivity index is 1.86. The maximum absolute atomic E-state index is 12.5. The van der Waals surface area contributed by atoms with Crippen molar-refractivity contribution in [2.45, 2.75) is 80.9 Å². The maximum atomic E-state index is 12.5. The molecule has 0 spiro atoms. The van der Waals surface area contributed by atoms with Gasteiger partial charge in [0.15, 0.2) is 0 Å². The fraction of sp³-hybridized carbons (Fsp3) is 0.778. The summed E-state index contributed by atoms with van der Waals surface area (Å²) in [5, 5.41) is 11.9. The van der Waals surface area contributed by atoms with Gasteiger partial charge in [0.05, 0.1) is 11.0 Å². The summed E-state index contributed by atoms with van der Waals surface area (Å²) in [7, 11) is 0. The number of nitrogens with zero attached hydrogens (tertiary/aromatic N) is 4. The molecule has 2 amide bonds. The third-order valence-corrected chi connectivity index (χ3v) is 6.91. The molecule has 0 radical (unpaired) electrons. The van der Waals surface area contributed by atoms with Crippen LogP contribution in [-0.2, 0) is 9.59 Å². The number of aromatic nitrogens is 3. The molecule has 1 heterocycles. The van der Waals surface area contributed by atoms with Crippen molar-refractivity contribution in [2.75, 3.05) is 24.7 Å². The summed E-state index contributed by atoms with van der Waals surface area (Å²) in [4.78, 5) is 26.4. The maximum Gasteiger partial charge on any atom is 0.233 e. The lowest BCUT2D eigenvalue weighted by molar-refractivity contribution is -0.128. The Labute approximate surface area is 175 Å². The quantitative estimate of drug-likeness (QED) is 0.353. The van der Waals surface area contributed by atoms with Crippen LogP contribution in [0.3, 0.4) is 0 Å². The highest BCUT2D eigenvalue weighted by Gasteiger charge is 2.23. The number of amides is 2. The van der Waals surface area contributed by atoms with Gasteiger partial charge in [-0.2, -0.15) is 0 Å². The van der Waals surface area contributed by atoms with Gasteiger partial charge in [-0.15, -0.1) is 10.2 Å². The molecule has 1 fully saturated rings. The normalized spacial score (nSPS) is 16.4. The van der Waals surface area contributed by atoms with E-state index in [1.165, 1.54) is 53.9 Å². The lowest BCUT2D eigenvalue weighted by Gasteiger charge is -2.19. The summed E-state index contributed by atoms with van der Waals surface area (Å²) in [5.41, 5.74) is 0. The molecule has 1 saturated carbocycles. The number of nitrogens with one attached hydrogen (secondary N) is 1. The minimum atomic E-state index is -0.315. The van der Waals surface area contributed by atoms with E-state index in [0.29, 0.717) is 23.4 Å². The van der Waals surface area contributed by atoms with E-state index in [1.54, 1.807) is 4.90 Å². The van der Waals surface area contributed by atoms with Crippen molar-refractivity contribution >= 4 is 35.3 Å². The summed E-state index contributed by atoms with van der Waals surface area (Å²) in [6.07, 6.45) is 6.97. The molecule has 10 heteroatoms. The van der Waals surface area contributed by atoms with Gasteiger partial charge in [0, 0.05) is 19.1 Å². The Bertz CT molecular complexity index is 642. The van der Waals surface area contributed by atoms with Crippen LogP contribution in [0.4, 0.5) is 0 Å². The van der Waals surface area contributed by atoms with Gasteiger partial charge in [0.25, 0.3) is 0 Å². The first-order valence-corrected chi connectivity index (χ1v) is 11.9. The number of thioether (sulfide) groups is 2. The molecule has 2 rings (SSSR count). The predicted octanol–water partition coefficient (Wildman–Crippen LogP) is 2.27. The number of carbonyl (C=O) groups excluding carboxylic acids is 2. The van der Waals surface area contributed by atoms with Crippen molar-refractivity contribution in [3.05, 3.63) is 0 Å². The first kappa shape index (κ1) is 22.9. The second-order valence-corrected chi connectivity index (χ2v) is 9.20. The standard InChI is InChI=1S/C18H32N6O2S2/c1-4-23(5-2)15(25)12-27-17-21-22-18(24(17)19)28-13(3)16(26)20-14-10-8-6-7-9-11-14/h13-14H,4-12,19H2,1-3H3,(H,20,26)/t13-/m1/s1. The van der Waals surface area contributed by atoms with Crippen LogP contribution in [0.1, 0.15) is 59.3 Å². The zero-order chi connectivity index (χ0) is 20.5. The van der Waals surface area contributed by atoms with Crippen LogP contribution in [0, 0.1) is 0 Å². The fourth-order valence-electron chi connectivity index (χ4n) is 3.19. The SMILES string of the molecule is CCN(CC)C(=O)CSc1nnc(S[C@H](C)C(=O)NC2CCCCCC2)n1N. The molecule has 1 aromatic rings. The summed E-state index contributed by atoms with van der Waals surface area (Å²) >= 11 is 2.55. The Morgan fingerprint density at radius 3 is 2.39 bits per heavy atom. The smallest absolute Gasteiger partial charge is 0.233 e. The van der Waals surface area contributed by atoms with Gasteiger partial charge in [0.2, 0.25) is 22.1 Å². The largest absolute Gasteiger partial charge is 0.352 e. The van der Waals surface area contributed by atoms with E-state index in [-0.39, 0.29) is 28.9 Å². The minimum absolute atomic E-state index is 0.00538. The molecule has 8 nitrogen and oxygen atoms in total. The van der Waals surface area contributed by atoms with Gasteiger partial charge in [-0.05, 0) is 33.6 Å². The number of hydrogen-bond donors (Lipinski definition) is 2. The van der Waals surface area contributed by atoms with Crippen LogP contribution < -0.4 is 11.2 Å². The van der Waals surface area contributed by atoms with E-state index >= 15 is 0 Å². The van der Waals surface area contributed by atoms with Crippen LogP contribution in [0.5, 0.6) is 0 Å². The van der Waals surface area contributed by atoms with Gasteiger partial charge < -0.3 is 16.1 Å². The average Bonchev–Trinajstić information content (AvgIpc) is 2.87. The minimum Gasteiger partial charge on any atom is -0.352 e. The average molecular weight is 429 g/mol. The number of rotatable bonds is 9. The number of nitrogen functional groups attached to an aromatic ring is 1. The highest BCUT2D eigenvalue weighted by Crippen LogP contribution is 2.25. The second kappa shape index (κ2) is 11.5. The third-order valence-electron chi connectivity index (χ3n) is 4.93. The topological polar surface area (TPSA) is 106 Å². The number of nitrogens with two attached hydrogens (primary N) is 1. The Morgan fingerprint density at radius 1 is 1.18 bits per heavy atom. The Morgan fingerprint density at radius 2 is 1.79 bits per heavy atom. The van der Waals surface area contributed by atoms with Gasteiger partial charge >= 0.3 is 0 Å². The molecular formula is C18H32N6O2S2. The molecule has 0 unspecified atom stereocenters. The lowest BCUT2D eigenvalue weighted by Crippen LogP contribution is -2.39. The van der Waals surface area contributed by atoms with Crippen molar-refractivity contribution in [3.63, 3.8) is 0 Å². The van der Waals surface area contributed by atoms with E-state index < -0.39 is 0 Å². The van der Waals surface area contributed by atoms with Gasteiger partial charge in [-0.3, -0.25) is 9.59 Å². The molecule has 28 heavy (non-hydrogen) atoms. The highest BCUT2D eigenvalue weighted by molar-refractivity contribution is 8.00. The fourth-order valence-corrected chi connectivity index (χ4v) is 4.79. The van der Waals surface area contributed by atoms with Crippen LogP contribution in [0.15, 0.2) is 10.3 Å². The molecule has 0 aromatic carbocycles. The molecule has 0 bridgehead atoms. The van der Waals surface area contributed by atoms with E-state index in [2.05, 4.69) is 15.5 Å². The molecule has 1 aromatic heterocycles. The van der Waals surface area contributed by atoms with E-state index in [1.807, 2.05) is 20.8 Å². The van der Waals surface area contributed by atoms with E-state index in [4.69, 9.17) is 5.84 Å². The zero-order valence-electron chi connectivity index (χ0n) is 17.0. The van der Waals surface area contributed by atoms with Gasteiger partial charge in [-0.25, -0.2) is 4.68 Å². The summed E-state index contributed by atoms with van der Waals surface area (Å²) in [6.45, 7) is 7.11. The number of carbonyl (C=O) groups is 2. The summed E-state index contributed by atoms with van der Waals surface area (Å²) in [6, 6.07) is 0.269.